The molecule has 3 nitrogen and oxygen atoms in total. The minimum Gasteiger partial charge on any atom is -0.431 e. The number of oxazole rings is 1. The van der Waals surface area contributed by atoms with E-state index in [0.29, 0.717) is 11.0 Å². The number of hydrogen-bond donors (Lipinski definition) is 1. The van der Waals surface area contributed by atoms with Crippen molar-refractivity contribution < 1.29 is 9.52 Å². The molecule has 1 heterocycles. The Morgan fingerprint density at radius 1 is 1.44 bits per heavy atom. The lowest BCUT2D eigenvalue weighted by Crippen LogP contribution is -2.25. The third-order valence-corrected chi connectivity index (χ3v) is 3.73. The highest BCUT2D eigenvalue weighted by Gasteiger charge is 2.19. The Hall–Kier alpha value is -1.00. The summed E-state index contributed by atoms with van der Waals surface area (Å²) >= 11 is 1.45. The summed E-state index contributed by atoms with van der Waals surface area (Å²) in [6, 6.07) is 7.66. The molecule has 0 radical (unpaired) electrons. The molecule has 86 valence electrons. The third kappa shape index (κ3) is 2.57. The van der Waals surface area contributed by atoms with Crippen molar-refractivity contribution in [3.8, 4) is 0 Å². The lowest BCUT2D eigenvalue weighted by molar-refractivity contribution is 0.0814. The molecule has 2 rings (SSSR count). The highest BCUT2D eigenvalue weighted by molar-refractivity contribution is 7.99. The summed E-state index contributed by atoms with van der Waals surface area (Å²) in [5.74, 6) is 0.594. The van der Waals surface area contributed by atoms with E-state index in [0.717, 1.165) is 17.5 Å². The van der Waals surface area contributed by atoms with Crippen LogP contribution < -0.4 is 0 Å². The Kier molecular flexibility index (Phi) is 3.21. The molecular formula is C12H15NO2S. The van der Waals surface area contributed by atoms with E-state index in [9.17, 15) is 5.11 Å². The Morgan fingerprint density at radius 3 is 2.88 bits per heavy atom. The number of thioether (sulfide) groups is 1. The van der Waals surface area contributed by atoms with Crippen LogP contribution in [-0.2, 0) is 0 Å². The van der Waals surface area contributed by atoms with Gasteiger partial charge in [0.05, 0.1) is 5.60 Å². The molecule has 0 aliphatic heterocycles. The molecule has 0 bridgehead atoms. The van der Waals surface area contributed by atoms with Crippen molar-refractivity contribution in [2.45, 2.75) is 31.1 Å². The lowest BCUT2D eigenvalue weighted by atomic mass is 10.1. The molecule has 0 fully saturated rings. The van der Waals surface area contributed by atoms with Gasteiger partial charge in [-0.15, -0.1) is 0 Å². The van der Waals surface area contributed by atoms with Gasteiger partial charge >= 0.3 is 0 Å². The Labute approximate surface area is 98.9 Å². The van der Waals surface area contributed by atoms with Crippen LogP contribution in [0.1, 0.15) is 20.3 Å². The van der Waals surface area contributed by atoms with E-state index >= 15 is 0 Å². The third-order valence-electron chi connectivity index (χ3n) is 2.54. The van der Waals surface area contributed by atoms with Gasteiger partial charge in [-0.3, -0.25) is 0 Å². The molecule has 1 atom stereocenters. The second-order valence-electron chi connectivity index (χ2n) is 4.09. The maximum atomic E-state index is 9.87. The first-order chi connectivity index (χ1) is 7.61. The van der Waals surface area contributed by atoms with Crippen LogP contribution in [0.4, 0.5) is 0 Å². The van der Waals surface area contributed by atoms with Crippen LogP contribution in [0.5, 0.6) is 0 Å². The molecule has 0 aliphatic rings. The fourth-order valence-electron chi connectivity index (χ4n) is 1.23. The molecule has 0 amide bonds. The predicted molar refractivity (Wildman–Crippen MR) is 65.6 cm³/mol. The van der Waals surface area contributed by atoms with Gasteiger partial charge in [-0.05, 0) is 25.5 Å². The molecule has 0 saturated heterocycles. The van der Waals surface area contributed by atoms with Crippen molar-refractivity contribution in [1.29, 1.82) is 0 Å². The van der Waals surface area contributed by atoms with Gasteiger partial charge in [-0.25, -0.2) is 4.98 Å². The standard InChI is InChI=1S/C12H15NO2S/c1-3-12(2,14)8-16-11-13-9-6-4-5-7-10(9)15-11/h4-7,14H,3,8H2,1-2H3. The van der Waals surface area contributed by atoms with Gasteiger partial charge in [-0.1, -0.05) is 30.8 Å². The minimum absolute atomic E-state index is 0.594. The SMILES string of the molecule is CCC(C)(O)CSc1nc2ccccc2o1. The number of benzene rings is 1. The van der Waals surface area contributed by atoms with Gasteiger partial charge < -0.3 is 9.52 Å². The largest absolute Gasteiger partial charge is 0.431 e. The topological polar surface area (TPSA) is 46.3 Å². The van der Waals surface area contributed by atoms with Gasteiger partial charge in [-0.2, -0.15) is 0 Å². The van der Waals surface area contributed by atoms with Gasteiger partial charge in [0.2, 0.25) is 0 Å². The zero-order valence-corrected chi connectivity index (χ0v) is 10.3. The lowest BCUT2D eigenvalue weighted by Gasteiger charge is -2.18. The summed E-state index contributed by atoms with van der Waals surface area (Å²) in [6.45, 7) is 3.79. The summed E-state index contributed by atoms with van der Waals surface area (Å²) in [5.41, 5.74) is 0.994. The van der Waals surface area contributed by atoms with E-state index in [-0.39, 0.29) is 0 Å². The summed E-state index contributed by atoms with van der Waals surface area (Å²) < 4.78 is 5.55. The first-order valence-electron chi connectivity index (χ1n) is 5.31. The van der Waals surface area contributed by atoms with E-state index in [1.807, 2.05) is 38.1 Å². The van der Waals surface area contributed by atoms with Crippen molar-refractivity contribution in [3.63, 3.8) is 0 Å². The molecule has 2 aromatic rings. The number of aliphatic hydroxyl groups is 1. The molecule has 1 unspecified atom stereocenters. The van der Waals surface area contributed by atoms with E-state index in [1.54, 1.807) is 0 Å². The Morgan fingerprint density at radius 2 is 2.19 bits per heavy atom. The summed E-state index contributed by atoms with van der Waals surface area (Å²) in [6.07, 6.45) is 0.722. The van der Waals surface area contributed by atoms with Crippen LogP contribution in [0.3, 0.4) is 0 Å². The van der Waals surface area contributed by atoms with Crippen molar-refractivity contribution in [1.82, 2.24) is 4.98 Å². The van der Waals surface area contributed by atoms with Crippen molar-refractivity contribution in [2.24, 2.45) is 0 Å². The monoisotopic (exact) mass is 237 g/mol. The summed E-state index contributed by atoms with van der Waals surface area (Å²) in [7, 11) is 0. The van der Waals surface area contributed by atoms with E-state index in [4.69, 9.17) is 4.42 Å². The second-order valence-corrected chi connectivity index (χ2v) is 5.01. The second kappa shape index (κ2) is 4.47. The van der Waals surface area contributed by atoms with Crippen LogP contribution in [0.2, 0.25) is 0 Å². The maximum Gasteiger partial charge on any atom is 0.256 e. The molecule has 0 saturated carbocycles. The van der Waals surface area contributed by atoms with Crippen molar-refractivity contribution in [2.75, 3.05) is 5.75 Å². The molecule has 1 N–H and O–H groups in total. The summed E-state index contributed by atoms with van der Waals surface area (Å²) in [5, 5.41) is 10.5. The Balaban J connectivity index is 2.10. The van der Waals surface area contributed by atoms with Gasteiger partial charge in [0.25, 0.3) is 5.22 Å². The highest BCUT2D eigenvalue weighted by atomic mass is 32.2. The first-order valence-corrected chi connectivity index (χ1v) is 6.30. The molecule has 0 aliphatic carbocycles. The summed E-state index contributed by atoms with van der Waals surface area (Å²) in [4.78, 5) is 4.34. The quantitative estimate of drug-likeness (QED) is 0.830. The van der Waals surface area contributed by atoms with Gasteiger partial charge in [0.15, 0.2) is 5.58 Å². The average molecular weight is 237 g/mol. The smallest absolute Gasteiger partial charge is 0.256 e. The number of fused-ring (bicyclic) bond motifs is 1. The minimum atomic E-state index is -0.661. The zero-order valence-electron chi connectivity index (χ0n) is 9.43. The molecule has 1 aromatic carbocycles. The number of aromatic nitrogens is 1. The maximum absolute atomic E-state index is 9.87. The fourth-order valence-corrected chi connectivity index (χ4v) is 2.18. The van der Waals surface area contributed by atoms with Gasteiger partial charge in [0, 0.05) is 5.75 Å². The molecule has 4 heteroatoms. The molecule has 0 spiro atoms. The average Bonchev–Trinajstić information content (AvgIpc) is 2.69. The van der Waals surface area contributed by atoms with Crippen LogP contribution >= 0.6 is 11.8 Å². The van der Waals surface area contributed by atoms with Crippen LogP contribution in [0, 0.1) is 0 Å². The number of hydrogen-bond acceptors (Lipinski definition) is 4. The molecule has 16 heavy (non-hydrogen) atoms. The number of nitrogens with zero attached hydrogens (tertiary/aromatic N) is 1. The molecule has 1 aromatic heterocycles. The van der Waals surface area contributed by atoms with Crippen LogP contribution in [0.25, 0.3) is 11.1 Å². The van der Waals surface area contributed by atoms with Gasteiger partial charge in [0.1, 0.15) is 5.52 Å². The van der Waals surface area contributed by atoms with Crippen molar-refractivity contribution in [3.05, 3.63) is 24.3 Å². The number of para-hydroxylation sites is 2. The van der Waals surface area contributed by atoms with Crippen LogP contribution in [-0.4, -0.2) is 21.4 Å². The fraction of sp³-hybridized carbons (Fsp3) is 0.417. The van der Waals surface area contributed by atoms with Crippen LogP contribution in [0.15, 0.2) is 33.9 Å². The highest BCUT2D eigenvalue weighted by Crippen LogP contribution is 2.26. The number of rotatable bonds is 4. The predicted octanol–water partition coefficient (Wildman–Crippen LogP) is 3.08. The van der Waals surface area contributed by atoms with E-state index < -0.39 is 5.60 Å². The van der Waals surface area contributed by atoms with E-state index in [2.05, 4.69) is 4.98 Å². The first kappa shape index (κ1) is 11.5. The normalized spacial score (nSPS) is 15.2. The Bertz CT molecular complexity index is 446. The molecular weight excluding hydrogens is 222 g/mol. The van der Waals surface area contributed by atoms with Crippen molar-refractivity contribution >= 4 is 22.9 Å². The van der Waals surface area contributed by atoms with E-state index in [1.165, 1.54) is 11.8 Å². The zero-order chi connectivity index (χ0) is 11.6.